The first kappa shape index (κ1) is 11.2. The SMILES string of the molecule is O=C(O)CCCC(=O)C1CCCCN1. The Bertz CT molecular complexity index is 209. The van der Waals surface area contributed by atoms with Crippen LogP contribution in [0.2, 0.25) is 0 Å². The Hall–Kier alpha value is -0.900. The predicted molar refractivity (Wildman–Crippen MR) is 52.1 cm³/mol. The second kappa shape index (κ2) is 5.75. The molecule has 80 valence electrons. The van der Waals surface area contributed by atoms with Gasteiger partial charge in [-0.15, -0.1) is 0 Å². The predicted octanol–water partition coefficient (Wildman–Crippen LogP) is 0.952. The topological polar surface area (TPSA) is 66.4 Å². The van der Waals surface area contributed by atoms with Gasteiger partial charge in [-0.05, 0) is 25.8 Å². The molecular weight excluding hydrogens is 182 g/mol. The number of carboxylic acids is 1. The maximum atomic E-state index is 11.5. The molecule has 0 aliphatic carbocycles. The molecule has 0 spiro atoms. The standard InChI is InChI=1S/C10H17NO3/c12-9(5-3-6-10(13)14)8-4-1-2-7-11-8/h8,11H,1-7H2,(H,13,14). The number of carboxylic acid groups (broad SMARTS) is 1. The molecule has 1 fully saturated rings. The number of piperidine rings is 1. The minimum Gasteiger partial charge on any atom is -0.481 e. The molecular formula is C10H17NO3. The van der Waals surface area contributed by atoms with E-state index >= 15 is 0 Å². The number of Topliss-reactive ketones (excluding diaryl/α,β-unsaturated/α-hetero) is 1. The van der Waals surface area contributed by atoms with E-state index in [2.05, 4.69) is 5.32 Å². The Labute approximate surface area is 83.7 Å². The highest BCUT2D eigenvalue weighted by atomic mass is 16.4. The van der Waals surface area contributed by atoms with E-state index in [1.807, 2.05) is 0 Å². The van der Waals surface area contributed by atoms with E-state index in [0.717, 1.165) is 25.8 Å². The van der Waals surface area contributed by atoms with Gasteiger partial charge in [0.05, 0.1) is 6.04 Å². The van der Waals surface area contributed by atoms with Crippen molar-refractivity contribution in [3.05, 3.63) is 0 Å². The summed E-state index contributed by atoms with van der Waals surface area (Å²) in [6, 6.07) is -0.0162. The number of aliphatic carboxylic acids is 1. The maximum absolute atomic E-state index is 11.5. The van der Waals surface area contributed by atoms with Crippen molar-refractivity contribution in [2.45, 2.75) is 44.6 Å². The van der Waals surface area contributed by atoms with Crippen LogP contribution in [0.5, 0.6) is 0 Å². The van der Waals surface area contributed by atoms with E-state index < -0.39 is 5.97 Å². The zero-order valence-corrected chi connectivity index (χ0v) is 8.29. The van der Waals surface area contributed by atoms with Crippen molar-refractivity contribution < 1.29 is 14.7 Å². The highest BCUT2D eigenvalue weighted by Crippen LogP contribution is 2.10. The molecule has 2 N–H and O–H groups in total. The van der Waals surface area contributed by atoms with Gasteiger partial charge in [0.1, 0.15) is 5.78 Å². The molecule has 4 heteroatoms. The van der Waals surface area contributed by atoms with Gasteiger partial charge in [-0.3, -0.25) is 9.59 Å². The molecule has 0 amide bonds. The lowest BCUT2D eigenvalue weighted by molar-refractivity contribution is -0.137. The Morgan fingerprint density at radius 2 is 2.07 bits per heavy atom. The van der Waals surface area contributed by atoms with Crippen molar-refractivity contribution in [3.8, 4) is 0 Å². The average molecular weight is 199 g/mol. The molecule has 1 aliphatic rings. The van der Waals surface area contributed by atoms with Gasteiger partial charge in [0.25, 0.3) is 0 Å². The fourth-order valence-electron chi connectivity index (χ4n) is 1.71. The molecule has 1 saturated heterocycles. The van der Waals surface area contributed by atoms with Crippen LogP contribution in [0, 0.1) is 0 Å². The summed E-state index contributed by atoms with van der Waals surface area (Å²) < 4.78 is 0. The molecule has 0 bridgehead atoms. The Morgan fingerprint density at radius 3 is 2.64 bits per heavy atom. The minimum absolute atomic E-state index is 0.0162. The quantitative estimate of drug-likeness (QED) is 0.692. The van der Waals surface area contributed by atoms with Crippen molar-refractivity contribution >= 4 is 11.8 Å². The van der Waals surface area contributed by atoms with Crippen LogP contribution in [0.1, 0.15) is 38.5 Å². The number of nitrogens with one attached hydrogen (secondary N) is 1. The van der Waals surface area contributed by atoms with Gasteiger partial charge in [0.2, 0.25) is 0 Å². The lowest BCUT2D eigenvalue weighted by Crippen LogP contribution is -2.40. The van der Waals surface area contributed by atoms with E-state index in [4.69, 9.17) is 5.11 Å². The smallest absolute Gasteiger partial charge is 0.303 e. The van der Waals surface area contributed by atoms with Crippen LogP contribution in [-0.2, 0) is 9.59 Å². The van der Waals surface area contributed by atoms with Crippen LogP contribution in [0.4, 0.5) is 0 Å². The third kappa shape index (κ3) is 3.87. The summed E-state index contributed by atoms with van der Waals surface area (Å²) in [5.74, 6) is -0.652. The van der Waals surface area contributed by atoms with Gasteiger partial charge in [-0.2, -0.15) is 0 Å². The molecule has 1 aliphatic heterocycles. The summed E-state index contributed by atoms with van der Waals surface area (Å²) in [5.41, 5.74) is 0. The van der Waals surface area contributed by atoms with E-state index in [1.165, 1.54) is 0 Å². The lowest BCUT2D eigenvalue weighted by atomic mass is 9.98. The molecule has 0 aromatic rings. The van der Waals surface area contributed by atoms with Crippen LogP contribution < -0.4 is 5.32 Å². The van der Waals surface area contributed by atoms with E-state index in [-0.39, 0.29) is 18.2 Å². The first-order valence-electron chi connectivity index (χ1n) is 5.18. The molecule has 14 heavy (non-hydrogen) atoms. The van der Waals surface area contributed by atoms with Gasteiger partial charge in [-0.25, -0.2) is 0 Å². The first-order chi connectivity index (χ1) is 6.70. The van der Waals surface area contributed by atoms with Gasteiger partial charge in [0, 0.05) is 12.8 Å². The molecule has 4 nitrogen and oxygen atoms in total. The number of hydrogen-bond donors (Lipinski definition) is 2. The van der Waals surface area contributed by atoms with Gasteiger partial charge < -0.3 is 10.4 Å². The summed E-state index contributed by atoms with van der Waals surface area (Å²) in [5, 5.41) is 11.6. The average Bonchev–Trinajstić information content (AvgIpc) is 2.18. The summed E-state index contributed by atoms with van der Waals surface area (Å²) in [7, 11) is 0. The zero-order valence-electron chi connectivity index (χ0n) is 8.29. The van der Waals surface area contributed by atoms with Crippen molar-refractivity contribution in [3.63, 3.8) is 0 Å². The molecule has 1 unspecified atom stereocenters. The number of carbonyl (C=O) groups excluding carboxylic acids is 1. The zero-order chi connectivity index (χ0) is 10.4. The Morgan fingerprint density at radius 1 is 1.29 bits per heavy atom. The number of ketones is 1. The summed E-state index contributed by atoms with van der Waals surface area (Å²) >= 11 is 0. The van der Waals surface area contributed by atoms with E-state index in [1.54, 1.807) is 0 Å². The third-order valence-electron chi connectivity index (χ3n) is 2.51. The normalized spacial score (nSPS) is 21.9. The number of rotatable bonds is 5. The fraction of sp³-hybridized carbons (Fsp3) is 0.800. The van der Waals surface area contributed by atoms with Crippen molar-refractivity contribution in [2.75, 3.05) is 6.54 Å². The molecule has 0 radical (unpaired) electrons. The van der Waals surface area contributed by atoms with Crippen LogP contribution in [0.15, 0.2) is 0 Å². The second-order valence-electron chi connectivity index (χ2n) is 3.72. The number of carbonyl (C=O) groups is 2. The monoisotopic (exact) mass is 199 g/mol. The minimum atomic E-state index is -0.825. The number of hydrogen-bond acceptors (Lipinski definition) is 3. The summed E-state index contributed by atoms with van der Waals surface area (Å²) in [6.07, 6.45) is 4.10. The first-order valence-corrected chi connectivity index (χ1v) is 5.18. The largest absolute Gasteiger partial charge is 0.481 e. The van der Waals surface area contributed by atoms with Crippen LogP contribution >= 0.6 is 0 Å². The van der Waals surface area contributed by atoms with Crippen molar-refractivity contribution in [1.29, 1.82) is 0 Å². The molecule has 0 aromatic heterocycles. The van der Waals surface area contributed by atoms with Gasteiger partial charge in [0.15, 0.2) is 0 Å². The molecule has 0 saturated carbocycles. The molecule has 1 heterocycles. The molecule has 1 rings (SSSR count). The molecule has 0 aromatic carbocycles. The summed E-state index contributed by atoms with van der Waals surface area (Å²) in [6.45, 7) is 0.912. The van der Waals surface area contributed by atoms with Crippen LogP contribution in [0.3, 0.4) is 0 Å². The van der Waals surface area contributed by atoms with Crippen molar-refractivity contribution in [1.82, 2.24) is 5.32 Å². The highest BCUT2D eigenvalue weighted by Gasteiger charge is 2.19. The maximum Gasteiger partial charge on any atom is 0.303 e. The third-order valence-corrected chi connectivity index (χ3v) is 2.51. The second-order valence-corrected chi connectivity index (χ2v) is 3.72. The van der Waals surface area contributed by atoms with E-state index in [0.29, 0.717) is 12.8 Å². The van der Waals surface area contributed by atoms with Crippen LogP contribution in [-0.4, -0.2) is 29.4 Å². The fourth-order valence-corrected chi connectivity index (χ4v) is 1.71. The van der Waals surface area contributed by atoms with Crippen molar-refractivity contribution in [2.24, 2.45) is 0 Å². The lowest BCUT2D eigenvalue weighted by Gasteiger charge is -2.21. The Kier molecular flexibility index (Phi) is 4.59. The van der Waals surface area contributed by atoms with Gasteiger partial charge in [-0.1, -0.05) is 6.42 Å². The Balaban J connectivity index is 2.16. The van der Waals surface area contributed by atoms with Crippen LogP contribution in [0.25, 0.3) is 0 Å². The van der Waals surface area contributed by atoms with Gasteiger partial charge >= 0.3 is 5.97 Å². The molecule has 1 atom stereocenters. The highest BCUT2D eigenvalue weighted by molar-refractivity contribution is 5.84. The summed E-state index contributed by atoms with van der Waals surface area (Å²) in [4.78, 5) is 21.8. The van der Waals surface area contributed by atoms with E-state index in [9.17, 15) is 9.59 Å².